The van der Waals surface area contributed by atoms with Gasteiger partial charge in [-0.3, -0.25) is 4.79 Å². The molecule has 1 aliphatic carbocycles. The van der Waals surface area contributed by atoms with Gasteiger partial charge in [-0.25, -0.2) is 0 Å². The van der Waals surface area contributed by atoms with Crippen molar-refractivity contribution in [3.63, 3.8) is 0 Å². The Labute approximate surface area is 179 Å². The lowest BCUT2D eigenvalue weighted by molar-refractivity contribution is -0.118. The minimum absolute atomic E-state index is 0.0802. The Balaban J connectivity index is 1.55. The summed E-state index contributed by atoms with van der Waals surface area (Å²) in [5.74, 6) is 0.461. The summed E-state index contributed by atoms with van der Waals surface area (Å²) in [5.41, 5.74) is 0.889. The second-order valence-corrected chi connectivity index (χ2v) is 10.1. The zero-order valence-corrected chi connectivity index (χ0v) is 18.5. The highest BCUT2D eigenvalue weighted by Crippen LogP contribution is 2.49. The molecule has 2 aromatic rings. The number of sulfonamides is 1. The molecule has 0 unspecified atom stereocenters. The minimum atomic E-state index is -3.82. The average molecular weight is 476 g/mol. The highest BCUT2D eigenvalue weighted by atomic mass is 79.9. The maximum absolute atomic E-state index is 13.0. The van der Waals surface area contributed by atoms with E-state index in [0.717, 1.165) is 35.8 Å². The van der Waals surface area contributed by atoms with Crippen LogP contribution in [0.2, 0.25) is 0 Å². The van der Waals surface area contributed by atoms with Crippen molar-refractivity contribution in [2.24, 2.45) is 4.40 Å². The van der Waals surface area contributed by atoms with E-state index in [1.807, 2.05) is 36.2 Å². The molecule has 1 N–H and O–H groups in total. The van der Waals surface area contributed by atoms with E-state index in [1.54, 1.807) is 12.1 Å². The minimum Gasteiger partial charge on any atom is -0.362 e. The van der Waals surface area contributed by atoms with Crippen LogP contribution >= 0.6 is 15.9 Å². The molecule has 1 aliphatic heterocycles. The molecule has 1 amide bonds. The van der Waals surface area contributed by atoms with Crippen LogP contribution in [0.5, 0.6) is 0 Å². The molecule has 1 saturated heterocycles. The number of benzene rings is 2. The van der Waals surface area contributed by atoms with E-state index in [1.165, 1.54) is 12.1 Å². The third-order valence-corrected chi connectivity index (χ3v) is 7.36. The number of hydrogen-bond donors (Lipinski definition) is 1. The van der Waals surface area contributed by atoms with Crippen LogP contribution in [0.1, 0.15) is 31.2 Å². The van der Waals surface area contributed by atoms with Crippen LogP contribution in [-0.4, -0.2) is 38.7 Å². The molecule has 29 heavy (non-hydrogen) atoms. The molecule has 1 heterocycles. The number of rotatable bonds is 5. The number of amidine groups is 1. The third kappa shape index (κ3) is 4.09. The molecule has 152 valence electrons. The number of amides is 1. The standard InChI is InChI=1S/C21H22BrN3O3S/c1-25-13-3-6-19(25)24-29(27,28)18-5-2-4-17(14-18)23-20(26)21(11-12-21)15-7-9-16(22)10-8-15/h2,4-5,7-10,14H,3,6,11-13H2,1H3,(H,23,26). The predicted molar refractivity (Wildman–Crippen MR) is 117 cm³/mol. The summed E-state index contributed by atoms with van der Waals surface area (Å²) in [6.07, 6.45) is 3.11. The van der Waals surface area contributed by atoms with Gasteiger partial charge in [-0.05, 0) is 55.2 Å². The van der Waals surface area contributed by atoms with Crippen molar-refractivity contribution >= 4 is 43.4 Å². The van der Waals surface area contributed by atoms with E-state index >= 15 is 0 Å². The number of anilines is 1. The highest BCUT2D eigenvalue weighted by Gasteiger charge is 2.51. The number of likely N-dealkylation sites (tertiary alicyclic amines) is 1. The SMILES string of the molecule is CN1CCCC1=NS(=O)(=O)c1cccc(NC(=O)C2(c3ccc(Br)cc3)CC2)c1. The summed E-state index contributed by atoms with van der Waals surface area (Å²) in [6, 6.07) is 14.1. The first-order valence-corrected chi connectivity index (χ1v) is 11.8. The summed E-state index contributed by atoms with van der Waals surface area (Å²) in [4.78, 5) is 14.9. The lowest BCUT2D eigenvalue weighted by atomic mass is 9.95. The van der Waals surface area contributed by atoms with Gasteiger partial charge in [-0.1, -0.05) is 34.1 Å². The van der Waals surface area contributed by atoms with Gasteiger partial charge >= 0.3 is 0 Å². The van der Waals surface area contributed by atoms with E-state index in [-0.39, 0.29) is 10.8 Å². The van der Waals surface area contributed by atoms with E-state index in [2.05, 4.69) is 25.6 Å². The van der Waals surface area contributed by atoms with Crippen molar-refractivity contribution in [2.45, 2.75) is 36.0 Å². The highest BCUT2D eigenvalue weighted by molar-refractivity contribution is 9.10. The molecule has 6 nitrogen and oxygen atoms in total. The van der Waals surface area contributed by atoms with Crippen LogP contribution in [0.25, 0.3) is 0 Å². The van der Waals surface area contributed by atoms with E-state index in [9.17, 15) is 13.2 Å². The van der Waals surface area contributed by atoms with E-state index in [4.69, 9.17) is 0 Å². The summed E-state index contributed by atoms with van der Waals surface area (Å²) in [6.45, 7) is 0.808. The van der Waals surface area contributed by atoms with Gasteiger partial charge in [0.1, 0.15) is 5.84 Å². The molecule has 0 bridgehead atoms. The monoisotopic (exact) mass is 475 g/mol. The quantitative estimate of drug-likeness (QED) is 0.710. The van der Waals surface area contributed by atoms with Crippen LogP contribution in [0.15, 0.2) is 62.3 Å². The number of carbonyl (C=O) groups excluding carboxylic acids is 1. The number of nitrogens with one attached hydrogen (secondary N) is 1. The normalized spacial score (nSPS) is 19.4. The Morgan fingerprint density at radius 1 is 1.17 bits per heavy atom. The van der Waals surface area contributed by atoms with Crippen molar-refractivity contribution in [3.8, 4) is 0 Å². The first kappa shape index (κ1) is 20.1. The number of nitrogens with zero attached hydrogens (tertiary/aromatic N) is 2. The van der Waals surface area contributed by atoms with Gasteiger partial charge in [0.15, 0.2) is 0 Å². The summed E-state index contributed by atoms with van der Waals surface area (Å²) < 4.78 is 30.4. The van der Waals surface area contributed by atoms with Crippen molar-refractivity contribution in [1.82, 2.24) is 4.90 Å². The van der Waals surface area contributed by atoms with Crippen LogP contribution in [-0.2, 0) is 20.2 Å². The molecular formula is C21H22BrN3O3S. The Morgan fingerprint density at radius 3 is 2.52 bits per heavy atom. The number of carbonyl (C=O) groups is 1. The molecule has 0 atom stereocenters. The largest absolute Gasteiger partial charge is 0.362 e. The number of halogens is 1. The maximum Gasteiger partial charge on any atom is 0.284 e. The molecule has 2 aliphatic rings. The average Bonchev–Trinajstić information content (AvgIpc) is 3.41. The van der Waals surface area contributed by atoms with Gasteiger partial charge in [0.25, 0.3) is 10.0 Å². The molecule has 2 aromatic carbocycles. The summed E-state index contributed by atoms with van der Waals surface area (Å²) >= 11 is 3.41. The first-order chi connectivity index (χ1) is 13.8. The van der Waals surface area contributed by atoms with E-state index < -0.39 is 15.4 Å². The van der Waals surface area contributed by atoms with Gasteiger partial charge in [0.05, 0.1) is 10.3 Å². The first-order valence-electron chi connectivity index (χ1n) is 9.53. The zero-order chi connectivity index (χ0) is 20.6. The lowest BCUT2D eigenvalue weighted by Crippen LogP contribution is -2.27. The van der Waals surface area contributed by atoms with Crippen molar-refractivity contribution in [1.29, 1.82) is 0 Å². The van der Waals surface area contributed by atoms with Crippen molar-refractivity contribution in [3.05, 3.63) is 58.6 Å². The van der Waals surface area contributed by atoms with Gasteiger partial charge in [-0.15, -0.1) is 4.40 Å². The van der Waals surface area contributed by atoms with Gasteiger partial charge in [-0.2, -0.15) is 8.42 Å². The fraction of sp³-hybridized carbons (Fsp3) is 0.333. The Bertz CT molecular complexity index is 1080. The predicted octanol–water partition coefficient (Wildman–Crippen LogP) is 3.93. The Hall–Kier alpha value is -2.19. The summed E-state index contributed by atoms with van der Waals surface area (Å²) in [5, 5.41) is 2.90. The smallest absolute Gasteiger partial charge is 0.284 e. The fourth-order valence-corrected chi connectivity index (χ4v) is 5.03. The van der Waals surface area contributed by atoms with Crippen molar-refractivity contribution < 1.29 is 13.2 Å². The van der Waals surface area contributed by atoms with Crippen LogP contribution in [0, 0.1) is 0 Å². The van der Waals surface area contributed by atoms with Crippen LogP contribution in [0.4, 0.5) is 5.69 Å². The molecule has 8 heteroatoms. The molecule has 0 spiro atoms. The molecule has 0 aromatic heterocycles. The third-order valence-electron chi connectivity index (χ3n) is 5.53. The van der Waals surface area contributed by atoms with Crippen molar-refractivity contribution in [2.75, 3.05) is 18.9 Å². The second-order valence-electron chi connectivity index (χ2n) is 7.58. The maximum atomic E-state index is 13.0. The molecule has 1 saturated carbocycles. The van der Waals surface area contributed by atoms with Gasteiger partial charge < -0.3 is 10.2 Å². The lowest BCUT2D eigenvalue weighted by Gasteiger charge is -2.16. The van der Waals surface area contributed by atoms with Crippen LogP contribution < -0.4 is 5.32 Å². The van der Waals surface area contributed by atoms with Gasteiger partial charge in [0, 0.05) is 30.2 Å². The topological polar surface area (TPSA) is 78.8 Å². The zero-order valence-electron chi connectivity index (χ0n) is 16.1. The summed E-state index contributed by atoms with van der Waals surface area (Å²) in [7, 11) is -1.98. The molecule has 4 rings (SSSR count). The van der Waals surface area contributed by atoms with Gasteiger partial charge in [0.2, 0.25) is 5.91 Å². The molecular weight excluding hydrogens is 454 g/mol. The second kappa shape index (κ2) is 7.57. The number of hydrogen-bond acceptors (Lipinski definition) is 3. The Morgan fingerprint density at radius 2 is 1.90 bits per heavy atom. The Kier molecular flexibility index (Phi) is 5.25. The van der Waals surface area contributed by atoms with E-state index in [0.29, 0.717) is 17.9 Å². The fourth-order valence-electron chi connectivity index (χ4n) is 3.63. The molecule has 0 radical (unpaired) electrons. The molecule has 2 fully saturated rings. The van der Waals surface area contributed by atoms with Crippen LogP contribution in [0.3, 0.4) is 0 Å².